The van der Waals surface area contributed by atoms with Gasteiger partial charge in [-0.05, 0) is 55.5 Å². The third-order valence-corrected chi connectivity index (χ3v) is 9.51. The molecular weight excluding hydrogens is 542 g/mol. The Morgan fingerprint density at radius 3 is 2.10 bits per heavy atom. The Kier molecular flexibility index (Phi) is 6.68. The molecule has 12 heteroatoms. The zero-order valence-electron chi connectivity index (χ0n) is 22.7. The van der Waals surface area contributed by atoms with E-state index in [2.05, 4.69) is 30.4 Å². The molecule has 5 aliphatic heterocycles. The Labute approximate surface area is 242 Å². The molecule has 2 atom stereocenters. The number of aliphatic imine (C=N–C) groups is 2. The number of benzene rings is 2. The van der Waals surface area contributed by atoms with Crippen LogP contribution in [0.15, 0.2) is 69.1 Å². The van der Waals surface area contributed by atoms with Crippen molar-refractivity contribution in [3.63, 3.8) is 0 Å². The Morgan fingerprint density at radius 2 is 1.49 bits per heavy atom. The first-order valence-electron chi connectivity index (χ1n) is 13.8. The highest BCUT2D eigenvalue weighted by Crippen LogP contribution is 2.53. The van der Waals surface area contributed by atoms with Crippen LogP contribution in [0, 0.1) is 5.41 Å². The second-order valence-electron chi connectivity index (χ2n) is 10.6. The number of hydrogen-bond acceptors (Lipinski definition) is 9. The molecule has 3 amide bonds. The lowest BCUT2D eigenvalue weighted by molar-refractivity contribution is -0.112. The molecule has 2 aromatic rings. The Balaban J connectivity index is 1.12. The molecule has 11 nitrogen and oxygen atoms in total. The summed E-state index contributed by atoms with van der Waals surface area (Å²) in [6.45, 7) is 8.18. The van der Waals surface area contributed by atoms with Gasteiger partial charge in [-0.1, -0.05) is 11.8 Å². The van der Waals surface area contributed by atoms with Crippen LogP contribution in [0.5, 0.6) is 0 Å². The number of thioether (sulfide) groups is 1. The van der Waals surface area contributed by atoms with E-state index in [1.165, 1.54) is 18.1 Å². The van der Waals surface area contributed by atoms with E-state index in [-0.39, 0.29) is 11.9 Å². The van der Waals surface area contributed by atoms with E-state index >= 15 is 0 Å². The van der Waals surface area contributed by atoms with Gasteiger partial charge in [0.25, 0.3) is 5.91 Å². The van der Waals surface area contributed by atoms with Gasteiger partial charge in [-0.15, -0.1) is 0 Å². The highest BCUT2D eigenvalue weighted by atomic mass is 32.2. The van der Waals surface area contributed by atoms with Gasteiger partial charge in [-0.2, -0.15) is 0 Å². The molecule has 212 valence electrons. The van der Waals surface area contributed by atoms with Gasteiger partial charge in [-0.3, -0.25) is 9.69 Å². The summed E-state index contributed by atoms with van der Waals surface area (Å²) in [6, 6.07) is 15.4. The van der Waals surface area contributed by atoms with Gasteiger partial charge in [-0.25, -0.2) is 14.8 Å². The van der Waals surface area contributed by atoms with Crippen LogP contribution in [0.4, 0.5) is 27.5 Å². The van der Waals surface area contributed by atoms with Crippen molar-refractivity contribution >= 4 is 57.8 Å². The van der Waals surface area contributed by atoms with Crippen LogP contribution in [-0.2, 0) is 14.3 Å². The molecule has 5 aliphatic rings. The van der Waals surface area contributed by atoms with E-state index in [0.717, 1.165) is 48.3 Å². The fourth-order valence-electron chi connectivity index (χ4n) is 5.91. The van der Waals surface area contributed by atoms with E-state index in [4.69, 9.17) is 9.47 Å². The molecule has 41 heavy (non-hydrogen) atoms. The predicted octanol–water partition coefficient (Wildman–Crippen LogP) is 3.26. The Bertz CT molecular complexity index is 1450. The van der Waals surface area contributed by atoms with Crippen LogP contribution in [0.3, 0.4) is 0 Å². The van der Waals surface area contributed by atoms with Gasteiger partial charge in [0.1, 0.15) is 12.5 Å². The number of amides is 3. The van der Waals surface area contributed by atoms with Gasteiger partial charge in [0.05, 0.1) is 47.5 Å². The van der Waals surface area contributed by atoms with Crippen LogP contribution in [0.25, 0.3) is 0 Å². The van der Waals surface area contributed by atoms with Gasteiger partial charge in [0.2, 0.25) is 0 Å². The predicted molar refractivity (Wildman–Crippen MR) is 161 cm³/mol. The standard InChI is InChI=1S/C29H31N7O4S/c1-29-24-23(25(37)32-19-2-4-20(5-3-19)34-10-14-39-15-11-34)41-27(29)31-18-30-26(29)36(28(38)33-24)22-8-6-21(7-9-22)35-12-16-40-17-13-35/h2-9,18,26H,10-17H2,1H3,(H,32,37)(H,33,38). The first-order valence-corrected chi connectivity index (χ1v) is 14.6. The lowest BCUT2D eigenvalue weighted by Gasteiger charge is -2.46. The highest BCUT2D eigenvalue weighted by molar-refractivity contribution is 8.18. The number of ether oxygens (including phenoxy) is 2. The minimum atomic E-state index is -0.775. The minimum absolute atomic E-state index is 0.287. The second-order valence-corrected chi connectivity index (χ2v) is 11.6. The molecule has 3 saturated heterocycles. The molecule has 2 N–H and O–H groups in total. The minimum Gasteiger partial charge on any atom is -0.378 e. The van der Waals surface area contributed by atoms with Gasteiger partial charge in [0, 0.05) is 48.9 Å². The first-order chi connectivity index (χ1) is 20.0. The number of hydrogen-bond donors (Lipinski definition) is 2. The summed E-state index contributed by atoms with van der Waals surface area (Å²) in [5.74, 6) is -0.287. The molecule has 0 radical (unpaired) electrons. The van der Waals surface area contributed by atoms with Gasteiger partial charge in [0.15, 0.2) is 0 Å². The van der Waals surface area contributed by atoms with E-state index in [1.807, 2.05) is 55.5 Å². The Hall–Kier alpha value is -3.87. The number of morpholine rings is 2. The molecule has 0 saturated carbocycles. The maximum Gasteiger partial charge on any atom is 0.327 e. The van der Waals surface area contributed by atoms with Crippen molar-refractivity contribution in [3.8, 4) is 0 Å². The quantitative estimate of drug-likeness (QED) is 0.565. The second kappa shape index (κ2) is 10.5. The molecule has 0 spiro atoms. The summed E-state index contributed by atoms with van der Waals surface area (Å²) in [6.07, 6.45) is 0.921. The number of nitrogens with one attached hydrogen (secondary N) is 2. The van der Waals surface area contributed by atoms with Crippen molar-refractivity contribution in [3.05, 3.63) is 59.1 Å². The fraction of sp³-hybridized carbons (Fsp3) is 0.379. The monoisotopic (exact) mass is 573 g/mol. The maximum absolute atomic E-state index is 13.6. The number of nitrogens with zero attached hydrogens (tertiary/aromatic N) is 5. The van der Waals surface area contributed by atoms with Crippen LogP contribution in [0.1, 0.15) is 6.92 Å². The average molecular weight is 574 g/mol. The van der Waals surface area contributed by atoms with Gasteiger partial charge < -0.3 is 29.9 Å². The Morgan fingerprint density at radius 1 is 0.927 bits per heavy atom. The largest absolute Gasteiger partial charge is 0.378 e. The molecule has 3 fully saturated rings. The van der Waals surface area contributed by atoms with E-state index in [9.17, 15) is 9.59 Å². The smallest absolute Gasteiger partial charge is 0.327 e. The van der Waals surface area contributed by atoms with Crippen LogP contribution in [-0.4, -0.2) is 82.1 Å². The summed E-state index contributed by atoms with van der Waals surface area (Å²) in [7, 11) is 0. The highest BCUT2D eigenvalue weighted by Gasteiger charge is 2.58. The topological polar surface area (TPSA) is 111 Å². The summed E-state index contributed by atoms with van der Waals surface area (Å²) in [5, 5.41) is 6.76. The van der Waals surface area contributed by atoms with Crippen LogP contribution >= 0.6 is 11.8 Å². The molecule has 0 bridgehead atoms. The summed E-state index contributed by atoms with van der Waals surface area (Å²) in [4.78, 5) is 42.9. The number of urea groups is 1. The molecule has 5 heterocycles. The SMILES string of the molecule is CC12C3=NC=NC1N(c1ccc(N4CCOCC4)cc1)C(=O)NC2=C(C(=O)Nc1ccc(N2CCOCC2)cc1)S3. The molecule has 0 aliphatic carbocycles. The van der Waals surface area contributed by atoms with Crippen LogP contribution in [0.2, 0.25) is 0 Å². The summed E-state index contributed by atoms with van der Waals surface area (Å²) >= 11 is 1.29. The van der Waals surface area contributed by atoms with Gasteiger partial charge >= 0.3 is 6.03 Å². The maximum atomic E-state index is 13.6. The van der Waals surface area contributed by atoms with Crippen molar-refractivity contribution in [2.24, 2.45) is 15.4 Å². The first kappa shape index (κ1) is 26.1. The van der Waals surface area contributed by atoms with E-state index in [1.54, 1.807) is 4.90 Å². The zero-order chi connectivity index (χ0) is 28.0. The molecule has 0 aromatic heterocycles. The average Bonchev–Trinajstić information content (AvgIpc) is 3.31. The third-order valence-electron chi connectivity index (χ3n) is 8.20. The molecule has 2 aromatic carbocycles. The number of anilines is 4. The van der Waals surface area contributed by atoms with E-state index in [0.29, 0.717) is 42.7 Å². The zero-order valence-corrected chi connectivity index (χ0v) is 23.5. The lowest BCUT2D eigenvalue weighted by Crippen LogP contribution is -2.62. The normalized spacial score (nSPS) is 25.6. The molecular formula is C29H31N7O4S. The lowest BCUT2D eigenvalue weighted by atomic mass is 9.80. The number of carbonyl (C=O) groups excluding carboxylic acids is 2. The third kappa shape index (κ3) is 4.55. The van der Waals surface area contributed by atoms with Crippen molar-refractivity contribution in [2.75, 3.05) is 72.6 Å². The fourth-order valence-corrected chi connectivity index (χ4v) is 7.13. The number of rotatable bonds is 5. The number of carbonyl (C=O) groups is 2. The molecule has 7 rings (SSSR count). The molecule has 2 unspecified atom stereocenters. The summed E-state index contributed by atoms with van der Waals surface area (Å²) in [5.41, 5.74) is 3.35. The van der Waals surface area contributed by atoms with Crippen molar-refractivity contribution in [1.29, 1.82) is 0 Å². The van der Waals surface area contributed by atoms with Crippen LogP contribution < -0.4 is 25.3 Å². The van der Waals surface area contributed by atoms with Crippen molar-refractivity contribution in [1.82, 2.24) is 5.32 Å². The van der Waals surface area contributed by atoms with E-state index < -0.39 is 11.6 Å². The van der Waals surface area contributed by atoms with Crippen molar-refractivity contribution < 1.29 is 19.1 Å². The summed E-state index contributed by atoms with van der Waals surface area (Å²) < 4.78 is 10.9. The van der Waals surface area contributed by atoms with Crippen molar-refractivity contribution in [2.45, 2.75) is 13.1 Å².